The van der Waals surface area contributed by atoms with Crippen LogP contribution in [0.2, 0.25) is 0 Å². The monoisotopic (exact) mass is 573 g/mol. The fraction of sp³-hybridized carbons (Fsp3) is 0.440. The number of carboxylic acid groups (broad SMARTS) is 1. The van der Waals surface area contributed by atoms with Crippen LogP contribution in [0, 0.1) is 0 Å². The number of nitrogens with zero attached hydrogens (tertiary/aromatic N) is 2. The maximum atomic E-state index is 12.9. The van der Waals surface area contributed by atoms with E-state index in [1.807, 2.05) is 24.3 Å². The smallest absolute Gasteiger partial charge is 0.326 e. The third-order valence-electron chi connectivity index (χ3n) is 6.04. The van der Waals surface area contributed by atoms with Gasteiger partial charge in [0, 0.05) is 36.6 Å². The van der Waals surface area contributed by atoms with Gasteiger partial charge in [0.25, 0.3) is 0 Å². The first-order chi connectivity index (χ1) is 19.5. The number of H-pyrrole nitrogens is 1. The number of fused-ring (bicyclic) bond motifs is 1. The number of aliphatic carboxylic acids is 1. The highest BCUT2D eigenvalue weighted by atomic mass is 16.4. The third-order valence-corrected chi connectivity index (χ3v) is 6.04. The number of guanidine groups is 2. The molecule has 3 amide bonds. The lowest BCUT2D eigenvalue weighted by molar-refractivity contribution is -0.141. The maximum absolute atomic E-state index is 12.9. The SMILES string of the molecule is NC(N)=NCCCC(N)C(=O)NC(CCCN=C(N)N)C(=O)NCC(=O)NC(Cc1c[nH]c2ccccc12)C(=O)O. The number of hydrogen-bond acceptors (Lipinski definition) is 7. The number of amides is 3. The van der Waals surface area contributed by atoms with E-state index in [4.69, 9.17) is 28.7 Å². The molecular formula is C25H39N11O5. The number of carboxylic acids is 1. The van der Waals surface area contributed by atoms with Crippen molar-refractivity contribution < 1.29 is 24.3 Å². The Morgan fingerprint density at radius 3 is 2.15 bits per heavy atom. The first-order valence-electron chi connectivity index (χ1n) is 13.0. The van der Waals surface area contributed by atoms with Crippen LogP contribution in [-0.4, -0.2) is 83.5 Å². The highest BCUT2D eigenvalue weighted by Crippen LogP contribution is 2.19. The molecular weight excluding hydrogens is 534 g/mol. The molecule has 0 aliphatic carbocycles. The van der Waals surface area contributed by atoms with Crippen molar-refractivity contribution in [3.05, 3.63) is 36.0 Å². The minimum atomic E-state index is -1.23. The molecule has 0 radical (unpaired) electrons. The molecule has 0 spiro atoms. The number of para-hydroxylation sites is 1. The van der Waals surface area contributed by atoms with Crippen LogP contribution < -0.4 is 44.6 Å². The van der Waals surface area contributed by atoms with E-state index in [-0.39, 0.29) is 37.7 Å². The molecule has 0 fully saturated rings. The van der Waals surface area contributed by atoms with Gasteiger partial charge in [-0.15, -0.1) is 0 Å². The molecule has 2 aromatic rings. The zero-order valence-electron chi connectivity index (χ0n) is 22.6. The molecule has 224 valence electrons. The summed E-state index contributed by atoms with van der Waals surface area (Å²) in [4.78, 5) is 60.6. The number of nitrogens with one attached hydrogen (secondary N) is 4. The predicted molar refractivity (Wildman–Crippen MR) is 154 cm³/mol. The second kappa shape index (κ2) is 16.3. The van der Waals surface area contributed by atoms with Crippen LogP contribution in [-0.2, 0) is 25.6 Å². The van der Waals surface area contributed by atoms with E-state index in [1.54, 1.807) is 6.20 Å². The van der Waals surface area contributed by atoms with E-state index in [2.05, 4.69) is 30.9 Å². The van der Waals surface area contributed by atoms with Crippen LogP contribution in [0.25, 0.3) is 10.9 Å². The molecule has 0 saturated carbocycles. The Labute approximate surface area is 236 Å². The molecule has 16 heteroatoms. The summed E-state index contributed by atoms with van der Waals surface area (Å²) in [7, 11) is 0. The third kappa shape index (κ3) is 11.4. The number of nitrogens with two attached hydrogens (primary N) is 5. The van der Waals surface area contributed by atoms with Crippen molar-refractivity contribution in [2.24, 2.45) is 38.7 Å². The summed E-state index contributed by atoms with van der Waals surface area (Å²) in [5.41, 5.74) is 28.7. The van der Waals surface area contributed by atoms with Gasteiger partial charge in [0.05, 0.1) is 12.6 Å². The number of benzene rings is 1. The standard InChI is InChI=1S/C25H39N11O5/c26-16(6-3-9-31-24(27)28)21(38)36-18(8-4-10-32-25(29)30)22(39)34-13-20(37)35-19(23(40)41)11-14-12-33-17-7-2-1-5-15(14)17/h1-2,5,7,12,16,18-19,33H,3-4,6,8-11,13,26H2,(H,34,39)(H,35,37)(H,36,38)(H,40,41)(H4,27,28,31)(H4,29,30,32). The number of aliphatic imine (C=N–C) groups is 2. The lowest BCUT2D eigenvalue weighted by Crippen LogP contribution is -2.53. The summed E-state index contributed by atoms with van der Waals surface area (Å²) in [5.74, 6) is -3.37. The van der Waals surface area contributed by atoms with Crippen LogP contribution in [0.5, 0.6) is 0 Å². The molecule has 16 nitrogen and oxygen atoms in total. The van der Waals surface area contributed by atoms with Crippen molar-refractivity contribution in [2.45, 2.75) is 50.2 Å². The van der Waals surface area contributed by atoms with Gasteiger partial charge in [-0.05, 0) is 37.3 Å². The molecule has 0 aliphatic rings. The molecule has 1 heterocycles. The lowest BCUT2D eigenvalue weighted by Gasteiger charge is -2.21. The van der Waals surface area contributed by atoms with Crippen molar-refractivity contribution >= 4 is 46.5 Å². The van der Waals surface area contributed by atoms with E-state index < -0.39 is 48.4 Å². The average Bonchev–Trinajstić information content (AvgIpc) is 3.33. The number of hydrogen-bond donors (Lipinski definition) is 10. The van der Waals surface area contributed by atoms with Gasteiger partial charge in [0.15, 0.2) is 11.9 Å². The van der Waals surface area contributed by atoms with E-state index in [1.165, 1.54) is 0 Å². The fourth-order valence-electron chi connectivity index (χ4n) is 3.96. The van der Waals surface area contributed by atoms with Crippen LogP contribution in [0.4, 0.5) is 0 Å². The number of aromatic amines is 1. The van der Waals surface area contributed by atoms with Gasteiger partial charge in [-0.25, -0.2) is 4.79 Å². The van der Waals surface area contributed by atoms with Crippen molar-refractivity contribution in [1.29, 1.82) is 0 Å². The van der Waals surface area contributed by atoms with E-state index in [0.29, 0.717) is 19.4 Å². The van der Waals surface area contributed by atoms with Crippen molar-refractivity contribution in [3.63, 3.8) is 0 Å². The highest BCUT2D eigenvalue weighted by molar-refractivity contribution is 5.93. The summed E-state index contributed by atoms with van der Waals surface area (Å²) in [6.45, 7) is -0.0129. The second-order valence-corrected chi connectivity index (χ2v) is 9.31. The van der Waals surface area contributed by atoms with Gasteiger partial charge in [0.1, 0.15) is 12.1 Å². The average molecular weight is 574 g/mol. The van der Waals surface area contributed by atoms with Crippen molar-refractivity contribution in [2.75, 3.05) is 19.6 Å². The van der Waals surface area contributed by atoms with Gasteiger partial charge in [-0.1, -0.05) is 18.2 Å². The first kappa shape index (κ1) is 32.4. The number of aromatic nitrogens is 1. The van der Waals surface area contributed by atoms with Crippen LogP contribution in [0.1, 0.15) is 31.2 Å². The van der Waals surface area contributed by atoms with Gasteiger partial charge >= 0.3 is 5.97 Å². The molecule has 3 atom stereocenters. The Hall–Kier alpha value is -4.86. The molecule has 0 saturated heterocycles. The summed E-state index contributed by atoms with van der Waals surface area (Å²) >= 11 is 0. The van der Waals surface area contributed by atoms with Crippen molar-refractivity contribution in [1.82, 2.24) is 20.9 Å². The molecule has 3 unspecified atom stereocenters. The second-order valence-electron chi connectivity index (χ2n) is 9.31. The Kier molecular flexibility index (Phi) is 12.9. The van der Waals surface area contributed by atoms with Crippen molar-refractivity contribution in [3.8, 4) is 0 Å². The van der Waals surface area contributed by atoms with Gasteiger partial charge in [-0.3, -0.25) is 24.4 Å². The predicted octanol–water partition coefficient (Wildman–Crippen LogP) is -2.68. The van der Waals surface area contributed by atoms with Gasteiger partial charge in [-0.2, -0.15) is 0 Å². The Balaban J connectivity index is 1.96. The number of carbonyl (C=O) groups is 4. The van der Waals surface area contributed by atoms with E-state index in [0.717, 1.165) is 16.5 Å². The molecule has 0 bridgehead atoms. The minimum Gasteiger partial charge on any atom is -0.480 e. The molecule has 0 aliphatic heterocycles. The fourth-order valence-corrected chi connectivity index (χ4v) is 3.96. The Morgan fingerprint density at radius 1 is 0.878 bits per heavy atom. The zero-order chi connectivity index (χ0) is 30.4. The maximum Gasteiger partial charge on any atom is 0.326 e. The Morgan fingerprint density at radius 2 is 1.51 bits per heavy atom. The first-order valence-corrected chi connectivity index (χ1v) is 13.0. The molecule has 1 aromatic carbocycles. The summed E-state index contributed by atoms with van der Waals surface area (Å²) in [5, 5.41) is 17.9. The normalized spacial score (nSPS) is 12.9. The minimum absolute atomic E-state index is 0.0313. The van der Waals surface area contributed by atoms with E-state index in [9.17, 15) is 24.3 Å². The largest absolute Gasteiger partial charge is 0.480 e. The van der Waals surface area contributed by atoms with Crippen LogP contribution in [0.3, 0.4) is 0 Å². The topological polar surface area (TPSA) is 295 Å². The zero-order valence-corrected chi connectivity index (χ0v) is 22.6. The molecule has 1 aromatic heterocycles. The molecule has 15 N–H and O–H groups in total. The Bertz CT molecular complexity index is 1250. The highest BCUT2D eigenvalue weighted by Gasteiger charge is 2.25. The van der Waals surface area contributed by atoms with Gasteiger partial charge < -0.3 is 54.7 Å². The summed E-state index contributed by atoms with van der Waals surface area (Å²) in [6.07, 6.45) is 2.92. The number of carbonyl (C=O) groups excluding carboxylic acids is 3. The number of rotatable bonds is 17. The van der Waals surface area contributed by atoms with E-state index >= 15 is 0 Å². The lowest BCUT2D eigenvalue weighted by atomic mass is 10.0. The molecule has 41 heavy (non-hydrogen) atoms. The quantitative estimate of drug-likeness (QED) is 0.0531. The summed E-state index contributed by atoms with van der Waals surface area (Å²) in [6, 6.07) is 4.17. The van der Waals surface area contributed by atoms with Crippen LogP contribution >= 0.6 is 0 Å². The summed E-state index contributed by atoms with van der Waals surface area (Å²) < 4.78 is 0. The molecule has 2 rings (SSSR count). The van der Waals surface area contributed by atoms with Crippen LogP contribution in [0.15, 0.2) is 40.4 Å². The van der Waals surface area contributed by atoms with Gasteiger partial charge in [0.2, 0.25) is 17.7 Å².